The number of aryl methyl sites for hydroxylation is 1. The molecular formula is C42H72N2O5. The maximum Gasteiger partial charge on any atom is 0.320 e. The normalized spacial score (nSPS) is 21.9. The summed E-state index contributed by atoms with van der Waals surface area (Å²) >= 11 is 0. The third-order valence-electron chi connectivity index (χ3n) is 11.9. The second-order valence-corrected chi connectivity index (χ2v) is 20.0. The molecule has 0 radical (unpaired) electrons. The standard InChI is InChI=1S/C42H72N2O5/c1-37(2,3)32-22-28(23-33(34(32)45)38(4,5)6)20-18-17-19-21-31(35(46)48-29-24-39(7,8)43(15)40(9,10)25-29)36(47)49-30-26-41(11,12)44(16)42(13,14)27-30/h22-23,29-31,45H,17-21,24-27H2,1-16H3. The van der Waals surface area contributed by atoms with Gasteiger partial charge < -0.3 is 14.6 Å². The molecule has 1 aromatic rings. The maximum atomic E-state index is 13.9. The molecule has 0 unspecified atom stereocenters. The number of rotatable bonds is 10. The third-order valence-corrected chi connectivity index (χ3v) is 11.9. The van der Waals surface area contributed by atoms with Crippen molar-refractivity contribution in [1.29, 1.82) is 0 Å². The van der Waals surface area contributed by atoms with Gasteiger partial charge in [-0.25, -0.2) is 0 Å². The summed E-state index contributed by atoms with van der Waals surface area (Å²) in [5.41, 5.74) is 2.26. The van der Waals surface area contributed by atoms with E-state index in [0.29, 0.717) is 12.2 Å². The lowest BCUT2D eigenvalue weighted by Crippen LogP contribution is -2.60. The molecule has 0 amide bonds. The number of benzene rings is 1. The summed E-state index contributed by atoms with van der Waals surface area (Å²) in [6, 6.07) is 4.30. The highest BCUT2D eigenvalue weighted by Crippen LogP contribution is 2.42. The van der Waals surface area contributed by atoms with E-state index in [1.807, 2.05) is 0 Å². The first-order valence-electron chi connectivity index (χ1n) is 18.8. The zero-order valence-electron chi connectivity index (χ0n) is 34.2. The Balaban J connectivity index is 1.75. The van der Waals surface area contributed by atoms with E-state index in [4.69, 9.17) is 9.47 Å². The second kappa shape index (κ2) is 14.5. The lowest BCUT2D eigenvalue weighted by atomic mass is 9.78. The van der Waals surface area contributed by atoms with Gasteiger partial charge in [0.1, 0.15) is 18.0 Å². The van der Waals surface area contributed by atoms with Crippen LogP contribution in [0.4, 0.5) is 0 Å². The number of phenols is 1. The van der Waals surface area contributed by atoms with Crippen molar-refractivity contribution in [2.45, 2.75) is 200 Å². The molecule has 1 aromatic carbocycles. The van der Waals surface area contributed by atoms with Crippen LogP contribution in [0, 0.1) is 5.92 Å². The summed E-state index contributed by atoms with van der Waals surface area (Å²) in [7, 11) is 4.27. The summed E-state index contributed by atoms with van der Waals surface area (Å²) in [5.74, 6) is -1.43. The Kier molecular flexibility index (Phi) is 12.2. The van der Waals surface area contributed by atoms with E-state index in [-0.39, 0.29) is 45.2 Å². The fourth-order valence-corrected chi connectivity index (χ4v) is 8.39. The number of piperidine rings is 2. The van der Waals surface area contributed by atoms with E-state index in [9.17, 15) is 14.7 Å². The number of hydrogen-bond donors (Lipinski definition) is 1. The molecule has 0 saturated carbocycles. The third kappa shape index (κ3) is 10.0. The Labute approximate surface area is 299 Å². The topological polar surface area (TPSA) is 79.3 Å². The van der Waals surface area contributed by atoms with E-state index >= 15 is 0 Å². The molecule has 3 rings (SSSR count). The van der Waals surface area contributed by atoms with Crippen LogP contribution in [0.2, 0.25) is 0 Å². The first-order valence-corrected chi connectivity index (χ1v) is 18.8. The summed E-state index contributed by atoms with van der Waals surface area (Å²) in [6.45, 7) is 30.3. The number of phenolic OH excluding ortho intramolecular Hbond substituents is 1. The highest BCUT2D eigenvalue weighted by molar-refractivity contribution is 5.95. The molecule has 2 heterocycles. The zero-order valence-corrected chi connectivity index (χ0v) is 34.2. The van der Waals surface area contributed by atoms with Crippen LogP contribution in [-0.2, 0) is 36.3 Å². The van der Waals surface area contributed by atoms with Crippen LogP contribution in [0.3, 0.4) is 0 Å². The van der Waals surface area contributed by atoms with Crippen molar-refractivity contribution >= 4 is 11.9 Å². The molecule has 2 fully saturated rings. The van der Waals surface area contributed by atoms with Crippen LogP contribution in [0.25, 0.3) is 0 Å². The number of carbonyl (C=O) groups is 2. The fourth-order valence-electron chi connectivity index (χ4n) is 8.39. The van der Waals surface area contributed by atoms with Crippen LogP contribution in [0.1, 0.15) is 165 Å². The fraction of sp³-hybridized carbons (Fsp3) is 0.810. The van der Waals surface area contributed by atoms with E-state index in [1.54, 1.807) is 0 Å². The lowest BCUT2D eigenvalue weighted by Gasteiger charge is -2.53. The van der Waals surface area contributed by atoms with E-state index < -0.39 is 17.9 Å². The van der Waals surface area contributed by atoms with Gasteiger partial charge in [-0.1, -0.05) is 66.5 Å². The molecule has 0 aliphatic carbocycles. The molecule has 280 valence electrons. The largest absolute Gasteiger partial charge is 0.507 e. The smallest absolute Gasteiger partial charge is 0.320 e. The van der Waals surface area contributed by atoms with Crippen molar-refractivity contribution in [2.24, 2.45) is 5.92 Å². The first kappa shape index (κ1) is 41.3. The number of likely N-dealkylation sites (tertiary alicyclic amines) is 2. The maximum absolute atomic E-state index is 13.9. The van der Waals surface area contributed by atoms with Crippen molar-refractivity contribution in [3.8, 4) is 5.75 Å². The summed E-state index contributed by atoms with van der Waals surface area (Å²) in [5, 5.41) is 11.1. The van der Waals surface area contributed by atoms with Crippen molar-refractivity contribution < 1.29 is 24.2 Å². The van der Waals surface area contributed by atoms with Gasteiger partial charge in [0, 0.05) is 47.8 Å². The number of esters is 2. The van der Waals surface area contributed by atoms with Gasteiger partial charge >= 0.3 is 11.9 Å². The lowest BCUT2D eigenvalue weighted by molar-refractivity contribution is -0.177. The summed E-state index contributed by atoms with van der Waals surface area (Å²) < 4.78 is 12.4. The number of hydrogen-bond acceptors (Lipinski definition) is 7. The number of nitrogens with zero attached hydrogens (tertiary/aromatic N) is 2. The predicted molar refractivity (Wildman–Crippen MR) is 201 cm³/mol. The van der Waals surface area contributed by atoms with Crippen LogP contribution in [0.5, 0.6) is 5.75 Å². The Morgan fingerprint density at radius 3 is 1.37 bits per heavy atom. The van der Waals surface area contributed by atoms with E-state index in [1.165, 1.54) is 5.56 Å². The second-order valence-electron chi connectivity index (χ2n) is 20.0. The van der Waals surface area contributed by atoms with Gasteiger partial charge in [-0.05, 0) is 116 Å². The van der Waals surface area contributed by atoms with Gasteiger partial charge in [-0.2, -0.15) is 0 Å². The summed E-state index contributed by atoms with van der Waals surface area (Å²) in [6.07, 6.45) is 6.16. The van der Waals surface area contributed by atoms with Crippen LogP contribution >= 0.6 is 0 Å². The molecule has 2 aliphatic heterocycles. The Bertz CT molecular complexity index is 1200. The van der Waals surface area contributed by atoms with E-state index in [0.717, 1.165) is 62.5 Å². The van der Waals surface area contributed by atoms with Gasteiger partial charge in [0.2, 0.25) is 0 Å². The monoisotopic (exact) mass is 685 g/mol. The van der Waals surface area contributed by atoms with Gasteiger partial charge in [0.05, 0.1) is 0 Å². The average molecular weight is 685 g/mol. The Morgan fingerprint density at radius 1 is 0.694 bits per heavy atom. The van der Waals surface area contributed by atoms with Crippen molar-refractivity contribution in [2.75, 3.05) is 14.1 Å². The highest BCUT2D eigenvalue weighted by atomic mass is 16.6. The molecule has 0 bridgehead atoms. The van der Waals surface area contributed by atoms with Crippen LogP contribution in [0.15, 0.2) is 12.1 Å². The average Bonchev–Trinajstić information content (AvgIpc) is 2.90. The Hall–Kier alpha value is -2.12. The number of aromatic hydroxyl groups is 1. The molecule has 2 saturated heterocycles. The summed E-state index contributed by atoms with van der Waals surface area (Å²) in [4.78, 5) is 32.6. The highest BCUT2D eigenvalue weighted by Gasteiger charge is 2.47. The van der Waals surface area contributed by atoms with Crippen molar-refractivity contribution in [1.82, 2.24) is 9.80 Å². The molecule has 49 heavy (non-hydrogen) atoms. The molecular weight excluding hydrogens is 612 g/mol. The molecule has 7 nitrogen and oxygen atoms in total. The molecule has 0 spiro atoms. The number of unbranched alkanes of at least 4 members (excludes halogenated alkanes) is 2. The van der Waals surface area contributed by atoms with Crippen molar-refractivity contribution in [3.05, 3.63) is 28.8 Å². The minimum absolute atomic E-state index is 0.137. The van der Waals surface area contributed by atoms with Gasteiger partial charge in [0.15, 0.2) is 5.92 Å². The quantitative estimate of drug-likeness (QED) is 0.150. The molecule has 1 N–H and O–H groups in total. The molecule has 2 aliphatic rings. The van der Waals surface area contributed by atoms with Gasteiger partial charge in [-0.3, -0.25) is 19.4 Å². The number of ether oxygens (including phenoxy) is 2. The van der Waals surface area contributed by atoms with Crippen molar-refractivity contribution in [3.63, 3.8) is 0 Å². The molecule has 7 heteroatoms. The number of carbonyl (C=O) groups excluding carboxylic acids is 2. The van der Waals surface area contributed by atoms with Crippen LogP contribution < -0.4 is 0 Å². The van der Waals surface area contributed by atoms with E-state index in [2.05, 4.69) is 133 Å². The minimum Gasteiger partial charge on any atom is -0.507 e. The van der Waals surface area contributed by atoms with Gasteiger partial charge in [0.25, 0.3) is 0 Å². The van der Waals surface area contributed by atoms with Crippen LogP contribution in [-0.4, -0.2) is 75.3 Å². The SMILES string of the molecule is CN1C(C)(C)CC(OC(=O)C(CCCCCc2cc(C(C)(C)C)c(O)c(C(C)(C)C)c2)C(=O)OC2CC(C)(C)N(C)C(C)(C)C2)CC1(C)C. The first-order chi connectivity index (χ1) is 22.1. The predicted octanol–water partition coefficient (Wildman–Crippen LogP) is 9.10. The Morgan fingerprint density at radius 2 is 1.04 bits per heavy atom. The zero-order chi connectivity index (χ0) is 37.5. The molecule has 0 atom stereocenters. The molecule has 0 aromatic heterocycles. The van der Waals surface area contributed by atoms with Gasteiger partial charge in [-0.15, -0.1) is 0 Å². The minimum atomic E-state index is -0.939.